The van der Waals surface area contributed by atoms with Gasteiger partial charge in [-0.1, -0.05) is 86.6 Å². The highest BCUT2D eigenvalue weighted by Gasteiger charge is 2.32. The van der Waals surface area contributed by atoms with E-state index in [1.54, 1.807) is 0 Å². The Balaban J connectivity index is 1.89. The van der Waals surface area contributed by atoms with Crippen molar-refractivity contribution < 1.29 is 0 Å². The molecule has 4 aromatic rings. The molecule has 0 radical (unpaired) electrons. The Bertz CT molecular complexity index is 1030. The Morgan fingerprint density at radius 2 is 1.03 bits per heavy atom. The average molecular weight is 407 g/mol. The van der Waals surface area contributed by atoms with Crippen LogP contribution in [0, 0.1) is 0 Å². The van der Waals surface area contributed by atoms with Gasteiger partial charge in [0.05, 0.1) is 11.2 Å². The molecular formula is C29H30N2. The standard InChI is InChI=1S/C29H30N2/c1-3-29(4-2,30-24-16-8-5-9-17-24)27-22-14-15-23-28(27)31(25-18-10-6-11-19-25)26-20-12-7-13-21-26/h5-23,30H,3-4H2,1-2H3. The summed E-state index contributed by atoms with van der Waals surface area (Å²) < 4.78 is 0. The van der Waals surface area contributed by atoms with E-state index in [0.29, 0.717) is 0 Å². The van der Waals surface area contributed by atoms with Crippen LogP contribution in [0.4, 0.5) is 22.7 Å². The van der Waals surface area contributed by atoms with Crippen molar-refractivity contribution in [2.75, 3.05) is 10.2 Å². The molecule has 0 aliphatic rings. The maximum Gasteiger partial charge on any atom is 0.0640 e. The third-order valence-corrected chi connectivity index (χ3v) is 6.05. The fraction of sp³-hybridized carbons (Fsp3) is 0.172. The number of hydrogen-bond acceptors (Lipinski definition) is 2. The number of anilines is 4. The second-order valence-corrected chi connectivity index (χ2v) is 7.80. The van der Waals surface area contributed by atoms with Gasteiger partial charge in [0.15, 0.2) is 0 Å². The van der Waals surface area contributed by atoms with Gasteiger partial charge in [-0.15, -0.1) is 0 Å². The highest BCUT2D eigenvalue weighted by atomic mass is 15.2. The summed E-state index contributed by atoms with van der Waals surface area (Å²) in [6, 6.07) is 40.6. The summed E-state index contributed by atoms with van der Waals surface area (Å²) in [5.74, 6) is 0. The van der Waals surface area contributed by atoms with Gasteiger partial charge in [0.25, 0.3) is 0 Å². The molecule has 0 heterocycles. The lowest BCUT2D eigenvalue weighted by atomic mass is 9.82. The second-order valence-electron chi connectivity index (χ2n) is 7.80. The van der Waals surface area contributed by atoms with Crippen molar-refractivity contribution >= 4 is 22.7 Å². The third kappa shape index (κ3) is 4.34. The van der Waals surface area contributed by atoms with E-state index >= 15 is 0 Å². The number of rotatable bonds is 8. The van der Waals surface area contributed by atoms with Gasteiger partial charge in [-0.25, -0.2) is 0 Å². The zero-order valence-corrected chi connectivity index (χ0v) is 18.3. The van der Waals surface area contributed by atoms with E-state index in [2.05, 4.69) is 139 Å². The average Bonchev–Trinajstić information content (AvgIpc) is 2.85. The normalized spacial score (nSPS) is 11.2. The Morgan fingerprint density at radius 1 is 0.581 bits per heavy atom. The van der Waals surface area contributed by atoms with Crippen LogP contribution in [0.1, 0.15) is 32.3 Å². The molecule has 0 aliphatic heterocycles. The molecule has 0 saturated carbocycles. The maximum absolute atomic E-state index is 3.88. The van der Waals surface area contributed by atoms with Crippen molar-refractivity contribution in [3.63, 3.8) is 0 Å². The molecule has 0 spiro atoms. The summed E-state index contributed by atoms with van der Waals surface area (Å²) in [5.41, 5.74) is 5.78. The molecule has 0 aromatic heterocycles. The van der Waals surface area contributed by atoms with E-state index in [1.807, 2.05) is 0 Å². The third-order valence-electron chi connectivity index (χ3n) is 6.05. The summed E-state index contributed by atoms with van der Waals surface area (Å²) in [4.78, 5) is 2.36. The Labute approximate surface area is 186 Å². The monoisotopic (exact) mass is 406 g/mol. The molecule has 2 nitrogen and oxygen atoms in total. The predicted octanol–water partition coefficient (Wildman–Crippen LogP) is 8.28. The number of benzene rings is 4. The molecule has 0 saturated heterocycles. The maximum atomic E-state index is 3.88. The first-order valence-corrected chi connectivity index (χ1v) is 11.1. The van der Waals surface area contributed by atoms with Gasteiger partial charge >= 0.3 is 0 Å². The largest absolute Gasteiger partial charge is 0.375 e. The lowest BCUT2D eigenvalue weighted by molar-refractivity contribution is 0.455. The van der Waals surface area contributed by atoms with Crippen LogP contribution in [-0.2, 0) is 5.54 Å². The van der Waals surface area contributed by atoms with Crippen LogP contribution >= 0.6 is 0 Å². The summed E-state index contributed by atoms with van der Waals surface area (Å²) >= 11 is 0. The van der Waals surface area contributed by atoms with Gasteiger partial charge in [-0.05, 0) is 55.3 Å². The van der Waals surface area contributed by atoms with Crippen LogP contribution in [-0.4, -0.2) is 0 Å². The molecule has 4 rings (SSSR count). The Kier molecular flexibility index (Phi) is 6.37. The summed E-state index contributed by atoms with van der Waals surface area (Å²) in [5, 5.41) is 3.88. The lowest BCUT2D eigenvalue weighted by Gasteiger charge is -2.39. The minimum Gasteiger partial charge on any atom is -0.375 e. The van der Waals surface area contributed by atoms with Crippen LogP contribution in [0.15, 0.2) is 115 Å². The van der Waals surface area contributed by atoms with Gasteiger partial charge in [0.1, 0.15) is 0 Å². The van der Waals surface area contributed by atoms with Gasteiger partial charge in [0.2, 0.25) is 0 Å². The SMILES string of the molecule is CCC(CC)(Nc1ccccc1)c1ccccc1N(c1ccccc1)c1ccccc1. The number of nitrogens with one attached hydrogen (secondary N) is 1. The van der Waals surface area contributed by atoms with E-state index < -0.39 is 0 Å². The topological polar surface area (TPSA) is 15.3 Å². The molecule has 0 bridgehead atoms. The van der Waals surface area contributed by atoms with Gasteiger partial charge in [-0.2, -0.15) is 0 Å². The zero-order chi connectivity index (χ0) is 21.5. The molecule has 1 N–H and O–H groups in total. The molecule has 0 aliphatic carbocycles. The van der Waals surface area contributed by atoms with Gasteiger partial charge in [0, 0.05) is 22.6 Å². The van der Waals surface area contributed by atoms with Crippen molar-refractivity contribution in [1.29, 1.82) is 0 Å². The second kappa shape index (κ2) is 9.53. The quantitative estimate of drug-likeness (QED) is 0.317. The van der Waals surface area contributed by atoms with Crippen LogP contribution in [0.2, 0.25) is 0 Å². The molecule has 156 valence electrons. The van der Waals surface area contributed by atoms with E-state index in [-0.39, 0.29) is 5.54 Å². The van der Waals surface area contributed by atoms with Crippen LogP contribution in [0.25, 0.3) is 0 Å². The Morgan fingerprint density at radius 3 is 1.55 bits per heavy atom. The van der Waals surface area contributed by atoms with E-state index in [9.17, 15) is 0 Å². The fourth-order valence-corrected chi connectivity index (χ4v) is 4.33. The molecular weight excluding hydrogens is 376 g/mol. The molecule has 0 amide bonds. The molecule has 0 fully saturated rings. The summed E-state index contributed by atoms with van der Waals surface area (Å²) in [6.45, 7) is 4.54. The van der Waals surface area contributed by atoms with Crippen molar-refractivity contribution in [3.8, 4) is 0 Å². The number of nitrogens with zero attached hydrogens (tertiary/aromatic N) is 1. The molecule has 0 atom stereocenters. The van der Waals surface area contributed by atoms with Gasteiger partial charge in [-0.3, -0.25) is 0 Å². The van der Waals surface area contributed by atoms with E-state index in [1.165, 1.54) is 11.3 Å². The molecule has 0 unspecified atom stereocenters. The fourth-order valence-electron chi connectivity index (χ4n) is 4.33. The first kappa shape index (κ1) is 20.7. The van der Waals surface area contributed by atoms with Crippen molar-refractivity contribution in [2.24, 2.45) is 0 Å². The van der Waals surface area contributed by atoms with Crippen molar-refractivity contribution in [1.82, 2.24) is 0 Å². The number of para-hydroxylation sites is 4. The smallest absolute Gasteiger partial charge is 0.0640 e. The first-order valence-electron chi connectivity index (χ1n) is 11.1. The minimum atomic E-state index is -0.181. The highest BCUT2D eigenvalue weighted by Crippen LogP contribution is 2.43. The molecule has 31 heavy (non-hydrogen) atoms. The van der Waals surface area contributed by atoms with Crippen molar-refractivity contribution in [2.45, 2.75) is 32.2 Å². The van der Waals surface area contributed by atoms with Crippen LogP contribution in [0.5, 0.6) is 0 Å². The lowest BCUT2D eigenvalue weighted by Crippen LogP contribution is -2.35. The van der Waals surface area contributed by atoms with Crippen LogP contribution in [0.3, 0.4) is 0 Å². The van der Waals surface area contributed by atoms with Gasteiger partial charge < -0.3 is 10.2 Å². The van der Waals surface area contributed by atoms with E-state index in [0.717, 1.165) is 29.9 Å². The van der Waals surface area contributed by atoms with E-state index in [4.69, 9.17) is 0 Å². The minimum absolute atomic E-state index is 0.181. The number of hydrogen-bond donors (Lipinski definition) is 1. The summed E-state index contributed by atoms with van der Waals surface area (Å²) in [6.07, 6.45) is 1.96. The van der Waals surface area contributed by atoms with Crippen molar-refractivity contribution in [3.05, 3.63) is 121 Å². The molecule has 2 heteroatoms. The first-order chi connectivity index (χ1) is 15.3. The Hall–Kier alpha value is -3.52. The summed E-state index contributed by atoms with van der Waals surface area (Å²) in [7, 11) is 0. The molecule has 4 aromatic carbocycles. The highest BCUT2D eigenvalue weighted by molar-refractivity contribution is 5.79. The van der Waals surface area contributed by atoms with Crippen LogP contribution < -0.4 is 10.2 Å². The zero-order valence-electron chi connectivity index (χ0n) is 18.3. The predicted molar refractivity (Wildman–Crippen MR) is 133 cm³/mol.